The van der Waals surface area contributed by atoms with Crippen molar-refractivity contribution >= 4 is 5.97 Å². The van der Waals surface area contributed by atoms with Crippen molar-refractivity contribution < 1.29 is 28.8 Å². The van der Waals surface area contributed by atoms with Gasteiger partial charge in [-0.2, -0.15) is 0 Å². The predicted octanol–water partition coefficient (Wildman–Crippen LogP) is 3.61. The fourth-order valence-corrected chi connectivity index (χ4v) is 4.13. The van der Waals surface area contributed by atoms with Crippen LogP contribution >= 0.6 is 0 Å². The van der Waals surface area contributed by atoms with Crippen LogP contribution in [0.3, 0.4) is 0 Å². The van der Waals surface area contributed by atoms with Crippen molar-refractivity contribution in [3.05, 3.63) is 47.5 Å². The second-order valence-electron chi connectivity index (χ2n) is 7.31. The third kappa shape index (κ3) is 4.46. The van der Waals surface area contributed by atoms with E-state index in [9.17, 15) is 9.90 Å². The number of hydrogen-bond acceptors (Lipinski definition) is 6. The molecule has 2 aromatic carbocycles. The predicted molar refractivity (Wildman–Crippen MR) is 113 cm³/mol. The van der Waals surface area contributed by atoms with E-state index in [-0.39, 0.29) is 6.04 Å². The molecule has 162 valence electrons. The van der Waals surface area contributed by atoms with Gasteiger partial charge in [-0.1, -0.05) is 12.1 Å². The highest BCUT2D eigenvalue weighted by molar-refractivity contribution is 5.70. The molecule has 0 bridgehead atoms. The lowest BCUT2D eigenvalue weighted by Crippen LogP contribution is -2.41. The standard InChI is InChI=1S/C23H29NO6/c1-27-18-9-5-7-15(11-18)21(24-10-6-8-16(14-24)23(25)26)17-12-19(28-2)22(30-4)20(13-17)29-3/h5,7,9,11-13,16,21H,6,8,10,14H2,1-4H3,(H,25,26). The second kappa shape index (κ2) is 9.71. The average molecular weight is 415 g/mol. The molecule has 0 amide bonds. The summed E-state index contributed by atoms with van der Waals surface area (Å²) < 4.78 is 22.0. The molecule has 7 heteroatoms. The van der Waals surface area contributed by atoms with Gasteiger partial charge in [-0.15, -0.1) is 0 Å². The number of carboxylic acid groups (broad SMARTS) is 1. The van der Waals surface area contributed by atoms with Crippen LogP contribution in [0.2, 0.25) is 0 Å². The summed E-state index contributed by atoms with van der Waals surface area (Å²) in [5.74, 6) is 1.24. The molecular formula is C23H29NO6. The lowest BCUT2D eigenvalue weighted by Gasteiger charge is -2.38. The molecule has 1 aliphatic rings. The van der Waals surface area contributed by atoms with E-state index in [1.165, 1.54) is 0 Å². The van der Waals surface area contributed by atoms with Crippen LogP contribution in [0.5, 0.6) is 23.0 Å². The summed E-state index contributed by atoms with van der Waals surface area (Å²) >= 11 is 0. The molecule has 0 aromatic heterocycles. The van der Waals surface area contributed by atoms with E-state index in [0.29, 0.717) is 30.2 Å². The highest BCUT2D eigenvalue weighted by Gasteiger charge is 2.32. The summed E-state index contributed by atoms with van der Waals surface area (Å²) in [7, 11) is 6.38. The molecule has 2 aromatic rings. The van der Waals surface area contributed by atoms with Gasteiger partial charge in [0.2, 0.25) is 5.75 Å². The van der Waals surface area contributed by atoms with Crippen molar-refractivity contribution in [1.82, 2.24) is 4.90 Å². The molecule has 0 radical (unpaired) electrons. The first kappa shape index (κ1) is 21.8. The number of piperidine rings is 1. The van der Waals surface area contributed by atoms with E-state index in [1.54, 1.807) is 28.4 Å². The van der Waals surface area contributed by atoms with Crippen molar-refractivity contribution in [3.8, 4) is 23.0 Å². The second-order valence-corrected chi connectivity index (χ2v) is 7.31. The maximum atomic E-state index is 11.7. The minimum Gasteiger partial charge on any atom is -0.497 e. The quantitative estimate of drug-likeness (QED) is 0.706. The van der Waals surface area contributed by atoms with Gasteiger partial charge in [-0.3, -0.25) is 9.69 Å². The van der Waals surface area contributed by atoms with Crippen LogP contribution in [0.1, 0.15) is 30.0 Å². The lowest BCUT2D eigenvalue weighted by molar-refractivity contribution is -0.143. The van der Waals surface area contributed by atoms with E-state index >= 15 is 0 Å². The van der Waals surface area contributed by atoms with Gasteiger partial charge in [0.1, 0.15) is 5.75 Å². The largest absolute Gasteiger partial charge is 0.497 e. The monoisotopic (exact) mass is 415 g/mol. The van der Waals surface area contributed by atoms with Crippen LogP contribution in [-0.4, -0.2) is 57.5 Å². The Kier molecular flexibility index (Phi) is 7.05. The number of methoxy groups -OCH3 is 4. The third-order valence-electron chi connectivity index (χ3n) is 5.58. The van der Waals surface area contributed by atoms with Crippen LogP contribution < -0.4 is 18.9 Å². The zero-order valence-corrected chi connectivity index (χ0v) is 17.9. The Bertz CT molecular complexity index is 859. The molecule has 2 unspecified atom stereocenters. The Morgan fingerprint density at radius 2 is 1.70 bits per heavy atom. The van der Waals surface area contributed by atoms with Crippen LogP contribution in [0.15, 0.2) is 36.4 Å². The number of aliphatic carboxylic acids is 1. The Hall–Kier alpha value is -2.93. The summed E-state index contributed by atoms with van der Waals surface area (Å²) in [6.07, 6.45) is 1.51. The van der Waals surface area contributed by atoms with Crippen LogP contribution in [0.25, 0.3) is 0 Å². The van der Waals surface area contributed by atoms with Crippen molar-refractivity contribution in [1.29, 1.82) is 0 Å². The van der Waals surface area contributed by atoms with E-state index < -0.39 is 11.9 Å². The van der Waals surface area contributed by atoms with Gasteiger partial charge in [-0.25, -0.2) is 0 Å². The maximum Gasteiger partial charge on any atom is 0.307 e. The molecule has 1 saturated heterocycles. The maximum absolute atomic E-state index is 11.7. The minimum absolute atomic E-state index is 0.184. The van der Waals surface area contributed by atoms with Gasteiger partial charge in [0.15, 0.2) is 11.5 Å². The van der Waals surface area contributed by atoms with Gasteiger partial charge in [0.25, 0.3) is 0 Å². The first-order valence-corrected chi connectivity index (χ1v) is 9.93. The molecule has 3 rings (SSSR count). The highest BCUT2D eigenvalue weighted by Crippen LogP contribution is 2.43. The fourth-order valence-electron chi connectivity index (χ4n) is 4.13. The number of carboxylic acids is 1. The van der Waals surface area contributed by atoms with Crippen LogP contribution in [0, 0.1) is 5.92 Å². The molecule has 0 spiro atoms. The highest BCUT2D eigenvalue weighted by atomic mass is 16.5. The molecule has 2 atom stereocenters. The number of likely N-dealkylation sites (tertiary alicyclic amines) is 1. The molecule has 1 aliphatic heterocycles. The van der Waals surface area contributed by atoms with Crippen molar-refractivity contribution in [2.24, 2.45) is 5.92 Å². The van der Waals surface area contributed by atoms with Gasteiger partial charge in [0.05, 0.1) is 40.4 Å². The van der Waals surface area contributed by atoms with Crippen LogP contribution in [-0.2, 0) is 4.79 Å². The van der Waals surface area contributed by atoms with Crippen molar-refractivity contribution in [3.63, 3.8) is 0 Å². The molecule has 30 heavy (non-hydrogen) atoms. The SMILES string of the molecule is COc1cccc(C(c2cc(OC)c(OC)c(OC)c2)N2CCCC(C(=O)O)C2)c1. The summed E-state index contributed by atoms with van der Waals surface area (Å²) in [5, 5.41) is 9.59. The molecule has 1 fully saturated rings. The smallest absolute Gasteiger partial charge is 0.307 e. The molecule has 1 N–H and O–H groups in total. The zero-order valence-electron chi connectivity index (χ0n) is 17.9. The van der Waals surface area contributed by atoms with E-state index in [1.807, 2.05) is 36.4 Å². The Morgan fingerprint density at radius 1 is 1.00 bits per heavy atom. The topological polar surface area (TPSA) is 77.5 Å². The van der Waals surface area contributed by atoms with Gasteiger partial charge >= 0.3 is 5.97 Å². The van der Waals surface area contributed by atoms with Gasteiger partial charge in [0, 0.05) is 6.54 Å². The lowest BCUT2D eigenvalue weighted by atomic mass is 9.91. The summed E-state index contributed by atoms with van der Waals surface area (Å²) in [6, 6.07) is 11.5. The molecular weight excluding hydrogens is 386 g/mol. The summed E-state index contributed by atoms with van der Waals surface area (Å²) in [5.41, 5.74) is 1.94. The molecule has 1 heterocycles. The number of benzene rings is 2. The minimum atomic E-state index is -0.756. The van der Waals surface area contributed by atoms with Crippen molar-refractivity contribution in [2.45, 2.75) is 18.9 Å². The summed E-state index contributed by atoms with van der Waals surface area (Å²) in [4.78, 5) is 13.9. The zero-order chi connectivity index (χ0) is 21.7. The number of hydrogen-bond donors (Lipinski definition) is 1. The Labute approximate surface area is 177 Å². The fraction of sp³-hybridized carbons (Fsp3) is 0.435. The number of rotatable bonds is 8. The first-order valence-electron chi connectivity index (χ1n) is 9.93. The number of ether oxygens (including phenoxy) is 4. The molecule has 7 nitrogen and oxygen atoms in total. The summed E-state index contributed by atoms with van der Waals surface area (Å²) in [6.45, 7) is 1.26. The molecule has 0 saturated carbocycles. The van der Waals surface area contributed by atoms with Crippen LogP contribution in [0.4, 0.5) is 0 Å². The van der Waals surface area contributed by atoms with Crippen molar-refractivity contribution in [2.75, 3.05) is 41.5 Å². The third-order valence-corrected chi connectivity index (χ3v) is 5.58. The van der Waals surface area contributed by atoms with E-state index in [4.69, 9.17) is 18.9 Å². The van der Waals surface area contributed by atoms with Gasteiger partial charge in [-0.05, 0) is 54.8 Å². The van der Waals surface area contributed by atoms with E-state index in [0.717, 1.165) is 29.8 Å². The number of nitrogens with zero attached hydrogens (tertiary/aromatic N) is 1. The number of carbonyl (C=O) groups is 1. The molecule has 0 aliphatic carbocycles. The normalized spacial score (nSPS) is 17.8. The van der Waals surface area contributed by atoms with E-state index in [2.05, 4.69) is 4.90 Å². The Balaban J connectivity index is 2.13. The Morgan fingerprint density at radius 3 is 2.27 bits per heavy atom. The first-order chi connectivity index (χ1) is 14.5. The average Bonchev–Trinajstić information content (AvgIpc) is 2.78. The van der Waals surface area contributed by atoms with Gasteiger partial charge < -0.3 is 24.1 Å².